The first-order chi connectivity index (χ1) is 10.1. The van der Waals surface area contributed by atoms with Crippen molar-refractivity contribution in [2.75, 3.05) is 41.7 Å². The van der Waals surface area contributed by atoms with Crippen LogP contribution in [0.2, 0.25) is 5.02 Å². The quantitative estimate of drug-likeness (QED) is 0.655. The van der Waals surface area contributed by atoms with Crippen LogP contribution in [0.3, 0.4) is 0 Å². The van der Waals surface area contributed by atoms with Gasteiger partial charge < -0.3 is 18.9 Å². The van der Waals surface area contributed by atoms with E-state index >= 15 is 0 Å². The normalized spacial score (nSPS) is 12.7. The lowest BCUT2D eigenvalue weighted by molar-refractivity contribution is -0.269. The molecule has 0 atom stereocenters. The van der Waals surface area contributed by atoms with E-state index in [9.17, 15) is 0 Å². The predicted molar refractivity (Wildman–Crippen MR) is 83.9 cm³/mol. The van der Waals surface area contributed by atoms with Gasteiger partial charge in [-0.25, -0.2) is 0 Å². The van der Waals surface area contributed by atoms with Gasteiger partial charge in [0.25, 0.3) is 0 Å². The zero-order valence-electron chi connectivity index (χ0n) is 13.4. The maximum absolute atomic E-state index is 6.01. The van der Waals surface area contributed by atoms with Crippen LogP contribution in [0, 0.1) is 0 Å². The van der Waals surface area contributed by atoms with Crippen molar-refractivity contribution in [3.8, 4) is 0 Å². The van der Waals surface area contributed by atoms with E-state index in [0.29, 0.717) is 24.7 Å². The molecule has 0 fully saturated rings. The molecule has 0 N–H and O–H groups in total. The Balaban J connectivity index is 3.48. The molecule has 0 radical (unpaired) electrons. The van der Waals surface area contributed by atoms with E-state index < -0.39 is 11.2 Å². The van der Waals surface area contributed by atoms with Crippen molar-refractivity contribution in [3.63, 3.8) is 0 Å². The van der Waals surface area contributed by atoms with Gasteiger partial charge in [-0.3, -0.25) is 0 Å². The fourth-order valence-corrected chi connectivity index (χ4v) is 3.14. The number of ether oxygens (including phenoxy) is 4. The van der Waals surface area contributed by atoms with Crippen molar-refractivity contribution in [1.82, 2.24) is 0 Å². The lowest BCUT2D eigenvalue weighted by atomic mass is 9.72. The molecule has 0 aromatic heterocycles. The molecule has 1 rings (SSSR count). The largest absolute Gasteiger partial charge is 0.383 e. The molecular formula is C16H25ClO4. The SMILES string of the molecule is CCC(OC)(OC)C(COC)(COC)c1ccc(Cl)cc1. The summed E-state index contributed by atoms with van der Waals surface area (Å²) in [5.41, 5.74) is 0.403. The summed E-state index contributed by atoms with van der Waals surface area (Å²) in [6.45, 7) is 2.82. The van der Waals surface area contributed by atoms with E-state index in [4.69, 9.17) is 30.5 Å². The van der Waals surface area contributed by atoms with Gasteiger partial charge in [-0.2, -0.15) is 0 Å². The number of methoxy groups -OCH3 is 4. The fraction of sp³-hybridized carbons (Fsp3) is 0.625. The Labute approximate surface area is 132 Å². The Morgan fingerprint density at radius 2 is 1.38 bits per heavy atom. The van der Waals surface area contributed by atoms with E-state index in [1.54, 1.807) is 28.4 Å². The number of benzene rings is 1. The van der Waals surface area contributed by atoms with E-state index in [-0.39, 0.29) is 0 Å². The van der Waals surface area contributed by atoms with Crippen LogP contribution < -0.4 is 0 Å². The average Bonchev–Trinajstić information content (AvgIpc) is 2.50. The van der Waals surface area contributed by atoms with Crippen LogP contribution in [-0.2, 0) is 24.4 Å². The van der Waals surface area contributed by atoms with Crippen molar-refractivity contribution in [2.24, 2.45) is 0 Å². The van der Waals surface area contributed by atoms with Gasteiger partial charge in [0.2, 0.25) is 0 Å². The second-order valence-corrected chi connectivity index (χ2v) is 5.41. The Hall–Kier alpha value is -0.650. The molecule has 0 bridgehead atoms. The number of hydrogen-bond donors (Lipinski definition) is 0. The van der Waals surface area contributed by atoms with Gasteiger partial charge in [0.05, 0.1) is 18.6 Å². The summed E-state index contributed by atoms with van der Waals surface area (Å²) < 4.78 is 22.5. The first-order valence-electron chi connectivity index (χ1n) is 6.90. The van der Waals surface area contributed by atoms with Crippen molar-refractivity contribution in [3.05, 3.63) is 34.9 Å². The third-order valence-electron chi connectivity index (χ3n) is 4.03. The van der Waals surface area contributed by atoms with Crippen molar-refractivity contribution >= 4 is 11.6 Å². The van der Waals surface area contributed by atoms with Crippen LogP contribution in [-0.4, -0.2) is 47.4 Å². The third-order valence-corrected chi connectivity index (χ3v) is 4.28. The lowest BCUT2D eigenvalue weighted by Gasteiger charge is -2.47. The standard InChI is InChI=1S/C16H25ClO4/c1-6-16(20-4,21-5)15(11-18-2,12-19-3)13-7-9-14(17)10-8-13/h7-10H,6,11-12H2,1-5H3. The van der Waals surface area contributed by atoms with Crippen molar-refractivity contribution < 1.29 is 18.9 Å². The van der Waals surface area contributed by atoms with E-state index in [0.717, 1.165) is 5.56 Å². The molecule has 21 heavy (non-hydrogen) atoms. The zero-order chi connectivity index (χ0) is 15.9. The second-order valence-electron chi connectivity index (χ2n) is 4.97. The van der Waals surface area contributed by atoms with Gasteiger partial charge >= 0.3 is 0 Å². The minimum absolute atomic E-state index is 0.401. The summed E-state index contributed by atoms with van der Waals surface area (Å²) >= 11 is 6.01. The molecule has 1 aromatic rings. The van der Waals surface area contributed by atoms with Gasteiger partial charge in [-0.15, -0.1) is 0 Å². The lowest BCUT2D eigenvalue weighted by Crippen LogP contribution is -2.59. The highest BCUT2D eigenvalue weighted by Crippen LogP contribution is 2.42. The Kier molecular flexibility index (Phi) is 7.10. The Bertz CT molecular complexity index is 401. The smallest absolute Gasteiger partial charge is 0.181 e. The first kappa shape index (κ1) is 18.4. The monoisotopic (exact) mass is 316 g/mol. The van der Waals surface area contributed by atoms with Gasteiger partial charge in [-0.05, 0) is 24.1 Å². The van der Waals surface area contributed by atoms with Crippen molar-refractivity contribution in [2.45, 2.75) is 24.5 Å². The highest BCUT2D eigenvalue weighted by atomic mass is 35.5. The molecule has 0 saturated heterocycles. The molecular weight excluding hydrogens is 292 g/mol. The molecule has 4 nitrogen and oxygen atoms in total. The molecule has 0 spiro atoms. The summed E-state index contributed by atoms with van der Waals surface area (Å²) in [5, 5.41) is 0.680. The van der Waals surface area contributed by atoms with E-state index in [2.05, 4.69) is 0 Å². The Morgan fingerprint density at radius 3 is 1.71 bits per heavy atom. The maximum atomic E-state index is 6.01. The fourth-order valence-electron chi connectivity index (χ4n) is 3.01. The zero-order valence-corrected chi connectivity index (χ0v) is 14.2. The van der Waals surface area contributed by atoms with Crippen LogP contribution >= 0.6 is 11.6 Å². The minimum Gasteiger partial charge on any atom is -0.383 e. The third kappa shape index (κ3) is 3.41. The van der Waals surface area contributed by atoms with Gasteiger partial charge in [0, 0.05) is 33.5 Å². The van der Waals surface area contributed by atoms with Crippen LogP contribution in [0.25, 0.3) is 0 Å². The Morgan fingerprint density at radius 1 is 0.905 bits per heavy atom. The number of hydrogen-bond acceptors (Lipinski definition) is 4. The van der Waals surface area contributed by atoms with E-state index in [1.807, 2.05) is 31.2 Å². The van der Waals surface area contributed by atoms with E-state index in [1.165, 1.54) is 0 Å². The number of halogens is 1. The molecule has 0 aliphatic rings. The molecule has 0 saturated carbocycles. The first-order valence-corrected chi connectivity index (χ1v) is 7.27. The summed E-state index contributed by atoms with van der Waals surface area (Å²) in [7, 11) is 6.60. The molecule has 120 valence electrons. The molecule has 0 unspecified atom stereocenters. The van der Waals surface area contributed by atoms with Crippen LogP contribution in [0.1, 0.15) is 18.9 Å². The summed E-state index contributed by atoms with van der Waals surface area (Å²) in [6.07, 6.45) is 0.648. The molecule has 5 heteroatoms. The highest BCUT2D eigenvalue weighted by molar-refractivity contribution is 6.30. The van der Waals surface area contributed by atoms with Gasteiger partial charge in [0.1, 0.15) is 0 Å². The minimum atomic E-state index is -0.854. The van der Waals surface area contributed by atoms with Crippen molar-refractivity contribution in [1.29, 1.82) is 0 Å². The van der Waals surface area contributed by atoms with Gasteiger partial charge in [0.15, 0.2) is 5.79 Å². The molecule has 0 amide bonds. The second kappa shape index (κ2) is 8.11. The number of rotatable bonds is 9. The summed E-state index contributed by atoms with van der Waals surface area (Å²) in [6, 6.07) is 7.62. The molecule has 0 aliphatic carbocycles. The molecule has 0 aliphatic heterocycles. The predicted octanol–water partition coefficient (Wildman–Crippen LogP) is 3.27. The highest BCUT2D eigenvalue weighted by Gasteiger charge is 2.53. The maximum Gasteiger partial charge on any atom is 0.181 e. The molecule has 1 aromatic carbocycles. The average molecular weight is 317 g/mol. The topological polar surface area (TPSA) is 36.9 Å². The summed E-state index contributed by atoms with van der Waals surface area (Å²) in [5.74, 6) is -0.854. The summed E-state index contributed by atoms with van der Waals surface area (Å²) in [4.78, 5) is 0. The van der Waals surface area contributed by atoms with Crippen LogP contribution in [0.4, 0.5) is 0 Å². The van der Waals surface area contributed by atoms with Gasteiger partial charge in [-0.1, -0.05) is 30.7 Å². The molecule has 0 heterocycles. The van der Waals surface area contributed by atoms with Crippen LogP contribution in [0.5, 0.6) is 0 Å². The van der Waals surface area contributed by atoms with Crippen LogP contribution in [0.15, 0.2) is 24.3 Å².